The highest BCUT2D eigenvalue weighted by atomic mass is 35.5. The van der Waals surface area contributed by atoms with Gasteiger partial charge in [-0.05, 0) is 32.9 Å². The fourth-order valence-electron chi connectivity index (χ4n) is 4.10. The molecule has 1 saturated heterocycles. The maximum atomic E-state index is 13.8. The Morgan fingerprint density at radius 2 is 2.05 bits per heavy atom. The summed E-state index contributed by atoms with van der Waals surface area (Å²) >= 11 is 6.74. The number of halogens is 1. The molecule has 14 nitrogen and oxygen atoms in total. The highest BCUT2D eigenvalue weighted by Crippen LogP contribution is 2.48. The third-order valence-corrected chi connectivity index (χ3v) is 8.19. The summed E-state index contributed by atoms with van der Waals surface area (Å²) in [5, 5.41) is 16.6. The van der Waals surface area contributed by atoms with Gasteiger partial charge in [-0.25, -0.2) is 9.55 Å². The van der Waals surface area contributed by atoms with Crippen molar-refractivity contribution in [2.75, 3.05) is 24.7 Å². The van der Waals surface area contributed by atoms with Crippen LogP contribution in [-0.2, 0) is 23.4 Å². The van der Waals surface area contributed by atoms with Crippen LogP contribution in [0.25, 0.3) is 11.2 Å². The highest BCUT2D eigenvalue weighted by Gasteiger charge is 2.56. The van der Waals surface area contributed by atoms with E-state index in [0.717, 1.165) is 0 Å². The van der Waals surface area contributed by atoms with Crippen LogP contribution in [0, 0.1) is 12.3 Å². The molecule has 0 aliphatic carbocycles. The number of carbonyl (C=O) groups is 1. The van der Waals surface area contributed by atoms with Gasteiger partial charge in [0.05, 0.1) is 19.0 Å². The van der Waals surface area contributed by atoms with Crippen LogP contribution >= 0.6 is 19.3 Å². The Labute approximate surface area is 241 Å². The van der Waals surface area contributed by atoms with Gasteiger partial charge in [0.25, 0.3) is 0 Å². The predicted octanol–water partition coefficient (Wildman–Crippen LogP) is 2.45. The SMILES string of the molecule is C#C[C@@]1(Cl)[C@H](O)[C@@H](CO[P@@](=O)(N[C@@H](C)C(=O)OC(C)C)Oc2ccccc2)O[C@H]1n1cnc2c(NC)nc(N)nc21. The first-order chi connectivity index (χ1) is 19.4. The summed E-state index contributed by atoms with van der Waals surface area (Å²) in [7, 11) is -2.62. The maximum absolute atomic E-state index is 13.8. The average Bonchev–Trinajstić information content (AvgIpc) is 3.45. The molecule has 0 bridgehead atoms. The number of benzene rings is 1. The second-order valence-electron chi connectivity index (χ2n) is 9.42. The normalized spacial score (nSPS) is 24.5. The zero-order chi connectivity index (χ0) is 29.9. The quantitative estimate of drug-likeness (QED) is 0.108. The molecular weight excluding hydrogens is 577 g/mol. The van der Waals surface area contributed by atoms with Gasteiger partial charge in [0, 0.05) is 7.05 Å². The summed E-state index contributed by atoms with van der Waals surface area (Å²) in [5.41, 5.74) is 6.47. The molecule has 5 N–H and O–H groups in total. The second-order valence-corrected chi connectivity index (χ2v) is 11.7. The summed E-state index contributed by atoms with van der Waals surface area (Å²) in [6.45, 7) is 4.32. The lowest BCUT2D eigenvalue weighted by atomic mass is 9.99. The minimum atomic E-state index is -4.26. The lowest BCUT2D eigenvalue weighted by Gasteiger charge is -2.26. The monoisotopic (exact) mass is 607 g/mol. The Kier molecular flexibility index (Phi) is 9.08. The number of rotatable bonds is 11. The number of nitrogen functional groups attached to an aromatic ring is 1. The largest absolute Gasteiger partial charge is 0.462 e. The zero-order valence-corrected chi connectivity index (χ0v) is 24.4. The van der Waals surface area contributed by atoms with Gasteiger partial charge in [-0.3, -0.25) is 13.9 Å². The molecule has 0 radical (unpaired) electrons. The number of aromatic nitrogens is 4. The van der Waals surface area contributed by atoms with Gasteiger partial charge in [0.15, 0.2) is 28.1 Å². The first kappa shape index (κ1) is 30.5. The van der Waals surface area contributed by atoms with Crippen molar-refractivity contribution in [2.45, 2.75) is 56.2 Å². The number of nitrogens with zero attached hydrogens (tertiary/aromatic N) is 4. The molecule has 41 heavy (non-hydrogen) atoms. The van der Waals surface area contributed by atoms with Crippen LogP contribution in [0.3, 0.4) is 0 Å². The van der Waals surface area contributed by atoms with Gasteiger partial charge in [-0.2, -0.15) is 15.1 Å². The fourth-order valence-corrected chi connectivity index (χ4v) is 5.90. The predicted molar refractivity (Wildman–Crippen MR) is 151 cm³/mol. The fraction of sp³-hybridized carbons (Fsp3) is 0.440. The number of aliphatic hydroxyl groups excluding tert-OH is 1. The number of nitrogens with two attached hydrogens (primary N) is 1. The summed E-state index contributed by atoms with van der Waals surface area (Å²) < 4.78 is 37.8. The number of esters is 1. The molecule has 1 aliphatic rings. The van der Waals surface area contributed by atoms with Crippen LogP contribution in [-0.4, -0.2) is 73.5 Å². The van der Waals surface area contributed by atoms with Crippen LogP contribution < -0.4 is 20.7 Å². The van der Waals surface area contributed by atoms with Gasteiger partial charge in [0.1, 0.15) is 24.0 Å². The Hall–Kier alpha value is -3.44. The molecule has 3 heterocycles. The van der Waals surface area contributed by atoms with Crippen molar-refractivity contribution in [3.8, 4) is 18.1 Å². The van der Waals surface area contributed by atoms with E-state index in [2.05, 4.69) is 31.3 Å². The van der Waals surface area contributed by atoms with Crippen LogP contribution in [0.5, 0.6) is 5.75 Å². The van der Waals surface area contributed by atoms with Crippen molar-refractivity contribution >= 4 is 48.2 Å². The van der Waals surface area contributed by atoms with Crippen molar-refractivity contribution in [2.24, 2.45) is 0 Å². The third kappa shape index (κ3) is 6.41. The van der Waals surface area contributed by atoms with E-state index in [9.17, 15) is 14.5 Å². The van der Waals surface area contributed by atoms with Crippen LogP contribution in [0.2, 0.25) is 0 Å². The standard InChI is InChI=1S/C25H31ClN7O7P/c1-6-25(26)19(34)17(39-23(25)33-13-29-18-20(28-5)30-24(27)31-21(18)33)12-37-41(36,40-16-10-8-7-9-11-16)32-15(4)22(35)38-14(2)3/h1,7-11,13-15,17,19,23,34H,12H2,2-5H3,(H,32,36)(H3,27,28,30,31)/t15-,17+,19+,23+,25+,41-/m0/s1. The highest BCUT2D eigenvalue weighted by molar-refractivity contribution is 7.52. The van der Waals surface area contributed by atoms with Crippen LogP contribution in [0.4, 0.5) is 11.8 Å². The van der Waals surface area contributed by atoms with E-state index in [1.54, 1.807) is 51.2 Å². The van der Waals surface area contributed by atoms with E-state index in [0.29, 0.717) is 11.3 Å². The number of hydrogen-bond donors (Lipinski definition) is 4. The van der Waals surface area contributed by atoms with Gasteiger partial charge in [-0.15, -0.1) is 6.42 Å². The van der Waals surface area contributed by atoms with Crippen molar-refractivity contribution in [1.82, 2.24) is 24.6 Å². The van der Waals surface area contributed by atoms with Crippen molar-refractivity contribution in [3.05, 3.63) is 36.7 Å². The average molecular weight is 608 g/mol. The van der Waals surface area contributed by atoms with Crippen molar-refractivity contribution in [1.29, 1.82) is 0 Å². The van der Waals surface area contributed by atoms with E-state index in [1.807, 2.05) is 0 Å². The molecule has 0 saturated carbocycles. The molecule has 16 heteroatoms. The summed E-state index contributed by atoms with van der Waals surface area (Å²) in [5.74, 6) is 2.24. The Bertz CT molecular complexity index is 1480. The molecule has 4 rings (SSSR count). The number of nitrogens with one attached hydrogen (secondary N) is 2. The number of para-hydroxylation sites is 1. The summed E-state index contributed by atoms with van der Waals surface area (Å²) in [4.78, 5) is 23.2. The molecule has 1 fully saturated rings. The van der Waals surface area contributed by atoms with Crippen LogP contribution in [0.15, 0.2) is 36.7 Å². The van der Waals surface area contributed by atoms with E-state index >= 15 is 0 Å². The zero-order valence-electron chi connectivity index (χ0n) is 22.7. The van der Waals surface area contributed by atoms with Gasteiger partial charge < -0.3 is 30.2 Å². The molecule has 0 spiro atoms. The molecular formula is C25H31ClN7O7P. The second kappa shape index (κ2) is 12.2. The Morgan fingerprint density at radius 1 is 1.34 bits per heavy atom. The Morgan fingerprint density at radius 3 is 2.68 bits per heavy atom. The van der Waals surface area contributed by atoms with Gasteiger partial charge >= 0.3 is 13.7 Å². The molecule has 1 aliphatic heterocycles. The van der Waals surface area contributed by atoms with Crippen molar-refractivity contribution < 1.29 is 33.0 Å². The Balaban J connectivity index is 1.60. The lowest BCUT2D eigenvalue weighted by molar-refractivity contribution is -0.149. The summed E-state index contributed by atoms with van der Waals surface area (Å²) in [6.07, 6.45) is 2.85. The number of aliphatic hydroxyl groups is 1. The number of anilines is 2. The first-order valence-electron chi connectivity index (χ1n) is 12.6. The summed E-state index contributed by atoms with van der Waals surface area (Å²) in [6, 6.07) is 7.14. The van der Waals surface area contributed by atoms with Gasteiger partial charge in [-0.1, -0.05) is 35.7 Å². The number of carbonyl (C=O) groups excluding carboxylic acids is 1. The minimum absolute atomic E-state index is 0.0434. The van der Waals surface area contributed by atoms with Crippen LogP contribution in [0.1, 0.15) is 27.0 Å². The topological polar surface area (TPSA) is 185 Å². The number of alkyl halides is 1. The number of terminal acetylenes is 1. The van der Waals surface area contributed by atoms with E-state index in [-0.39, 0.29) is 17.3 Å². The molecule has 0 amide bonds. The van der Waals surface area contributed by atoms with E-state index < -0.39 is 55.8 Å². The number of fused-ring (bicyclic) bond motifs is 1. The lowest BCUT2D eigenvalue weighted by Crippen LogP contribution is -2.41. The minimum Gasteiger partial charge on any atom is -0.462 e. The molecule has 1 aromatic carbocycles. The number of ether oxygens (including phenoxy) is 2. The van der Waals surface area contributed by atoms with Gasteiger partial charge in [0.2, 0.25) is 5.95 Å². The number of imidazole rings is 1. The molecule has 0 unspecified atom stereocenters. The molecule has 6 atom stereocenters. The first-order valence-corrected chi connectivity index (χ1v) is 14.5. The molecule has 3 aromatic rings. The molecule has 220 valence electrons. The smallest absolute Gasteiger partial charge is 0.459 e. The van der Waals surface area contributed by atoms with Crippen molar-refractivity contribution in [3.63, 3.8) is 0 Å². The molecule has 2 aromatic heterocycles. The van der Waals surface area contributed by atoms with E-state index in [4.69, 9.17) is 42.3 Å². The third-order valence-electron chi connectivity index (χ3n) is 6.03. The number of hydrogen-bond acceptors (Lipinski definition) is 12. The maximum Gasteiger partial charge on any atom is 0.459 e. The van der Waals surface area contributed by atoms with E-state index in [1.165, 1.54) is 17.8 Å².